The van der Waals surface area contributed by atoms with Crippen LogP contribution in [0.4, 0.5) is 4.79 Å². The number of carbonyl (C=O) groups is 2. The minimum absolute atomic E-state index is 0.0917. The Balaban J connectivity index is 2.54. The van der Waals surface area contributed by atoms with E-state index in [0.29, 0.717) is 12.2 Å². The van der Waals surface area contributed by atoms with Gasteiger partial charge in [0.2, 0.25) is 13.8 Å². The van der Waals surface area contributed by atoms with Crippen LogP contribution in [0.2, 0.25) is 0 Å². The fourth-order valence-corrected chi connectivity index (χ4v) is 2.33. The van der Waals surface area contributed by atoms with Gasteiger partial charge in [-0.25, -0.2) is 9.59 Å². The standard InChI is InChI=1S/C15H20NO6P/c1-11(2)8-13(22-23(20)10-14(17)18)16-15(19)21-9-12-6-4-3-5-7-12/h3-7,10-11,13H,8-9H2,1-2H3,(H,16,19)(H,17,18). The molecule has 1 aromatic rings. The van der Waals surface area contributed by atoms with Gasteiger partial charge in [-0.1, -0.05) is 44.2 Å². The van der Waals surface area contributed by atoms with Crippen LogP contribution in [0.3, 0.4) is 0 Å². The van der Waals surface area contributed by atoms with E-state index in [1.807, 2.05) is 44.2 Å². The average Bonchev–Trinajstić information content (AvgIpc) is 2.44. The highest BCUT2D eigenvalue weighted by molar-refractivity contribution is 7.47. The summed E-state index contributed by atoms with van der Waals surface area (Å²) in [6.07, 6.45) is -1.25. The highest BCUT2D eigenvalue weighted by Crippen LogP contribution is 2.18. The van der Waals surface area contributed by atoms with E-state index in [1.54, 1.807) is 0 Å². The third-order valence-corrected chi connectivity index (χ3v) is 3.52. The number of nitrogens with one attached hydrogen (secondary N) is 1. The van der Waals surface area contributed by atoms with Gasteiger partial charge in [0, 0.05) is 0 Å². The molecule has 23 heavy (non-hydrogen) atoms. The second kappa shape index (κ2) is 9.94. The molecular formula is C15H20NO6P. The number of alkyl carbamates (subject to hydrolysis) is 1. The summed E-state index contributed by atoms with van der Waals surface area (Å²) >= 11 is 0. The maximum atomic E-state index is 11.8. The number of hydrogen-bond donors (Lipinski definition) is 2. The van der Waals surface area contributed by atoms with E-state index in [9.17, 15) is 14.5 Å². The summed E-state index contributed by atoms with van der Waals surface area (Å²) in [6, 6.07) is 9.13. The van der Waals surface area contributed by atoms with Gasteiger partial charge in [0.15, 0.2) is 6.23 Å². The van der Waals surface area contributed by atoms with Gasteiger partial charge in [0.05, 0.1) is 0 Å². The molecule has 0 radical (unpaired) electrons. The van der Waals surface area contributed by atoms with Crippen molar-refractivity contribution >= 4 is 25.9 Å². The second-order valence-electron chi connectivity index (χ2n) is 5.18. The molecule has 1 amide bonds. The average molecular weight is 341 g/mol. The summed E-state index contributed by atoms with van der Waals surface area (Å²) in [5.41, 5.74) is 0.828. The van der Waals surface area contributed by atoms with Crippen LogP contribution in [0.1, 0.15) is 25.8 Å². The van der Waals surface area contributed by atoms with E-state index in [0.717, 1.165) is 5.56 Å². The van der Waals surface area contributed by atoms with Crippen LogP contribution in [-0.4, -0.2) is 29.2 Å². The predicted octanol–water partition coefficient (Wildman–Crippen LogP) is 1.86. The van der Waals surface area contributed by atoms with Crippen molar-refractivity contribution in [1.82, 2.24) is 5.32 Å². The third kappa shape index (κ3) is 8.93. The zero-order chi connectivity index (χ0) is 17.2. The second-order valence-corrected chi connectivity index (χ2v) is 6.22. The van der Waals surface area contributed by atoms with Crippen molar-refractivity contribution in [1.29, 1.82) is 0 Å². The lowest BCUT2D eigenvalue weighted by Crippen LogP contribution is -2.37. The number of benzene rings is 1. The molecule has 2 unspecified atom stereocenters. The Bertz CT molecular complexity index is 546. The maximum absolute atomic E-state index is 11.8. The SMILES string of the molecule is CC(C)CC(NC(=O)OCc1ccccc1)O/[P+]([O-])=C/C(=O)O. The van der Waals surface area contributed by atoms with Crippen molar-refractivity contribution in [3.8, 4) is 0 Å². The molecule has 0 aliphatic heterocycles. The molecule has 126 valence electrons. The number of aliphatic carboxylic acids is 1. The Labute approximate surface area is 135 Å². The number of ether oxygens (including phenoxy) is 1. The first-order chi connectivity index (χ1) is 10.9. The molecule has 8 heteroatoms. The molecule has 0 fully saturated rings. The summed E-state index contributed by atoms with van der Waals surface area (Å²) in [7, 11) is -2.52. The van der Waals surface area contributed by atoms with E-state index in [2.05, 4.69) is 5.32 Å². The van der Waals surface area contributed by atoms with Gasteiger partial charge in [-0.2, -0.15) is 4.52 Å². The normalized spacial score (nSPS) is 12.8. The first-order valence-corrected chi connectivity index (χ1v) is 8.29. The highest BCUT2D eigenvalue weighted by atomic mass is 31.1. The van der Waals surface area contributed by atoms with Gasteiger partial charge in [-0.15, -0.1) is 0 Å². The Hall–Kier alpha value is -1.95. The minimum Gasteiger partial charge on any atom is -0.603 e. The lowest BCUT2D eigenvalue weighted by Gasteiger charge is -2.17. The van der Waals surface area contributed by atoms with Crippen molar-refractivity contribution in [2.45, 2.75) is 33.1 Å². The van der Waals surface area contributed by atoms with Crippen molar-refractivity contribution in [3.05, 3.63) is 35.9 Å². The van der Waals surface area contributed by atoms with Crippen LogP contribution in [0, 0.1) is 5.92 Å². The predicted molar refractivity (Wildman–Crippen MR) is 84.7 cm³/mol. The fourth-order valence-electron chi connectivity index (χ4n) is 1.70. The molecule has 2 N–H and O–H groups in total. The molecule has 0 aliphatic carbocycles. The van der Waals surface area contributed by atoms with Gasteiger partial charge in [-0.3, -0.25) is 5.32 Å². The van der Waals surface area contributed by atoms with Crippen molar-refractivity contribution in [3.63, 3.8) is 0 Å². The molecule has 0 bridgehead atoms. The molecule has 0 saturated carbocycles. The van der Waals surface area contributed by atoms with Gasteiger partial charge < -0.3 is 14.7 Å². The van der Waals surface area contributed by atoms with E-state index in [4.69, 9.17) is 14.4 Å². The summed E-state index contributed by atoms with van der Waals surface area (Å²) in [4.78, 5) is 33.7. The Morgan fingerprint density at radius 2 is 2.00 bits per heavy atom. The molecular weight excluding hydrogens is 321 g/mol. The first-order valence-electron chi connectivity index (χ1n) is 7.05. The lowest BCUT2D eigenvalue weighted by atomic mass is 10.1. The van der Waals surface area contributed by atoms with E-state index in [-0.39, 0.29) is 12.5 Å². The Kier molecular flexibility index (Phi) is 8.26. The van der Waals surface area contributed by atoms with Gasteiger partial charge >= 0.3 is 12.1 Å². The minimum atomic E-state index is -2.52. The molecule has 0 heterocycles. The molecule has 1 rings (SSSR count). The summed E-state index contributed by atoms with van der Waals surface area (Å²) in [6.45, 7) is 3.87. The summed E-state index contributed by atoms with van der Waals surface area (Å²) < 4.78 is 10.1. The molecule has 0 aromatic heterocycles. The van der Waals surface area contributed by atoms with Crippen LogP contribution >= 0.6 is 8.00 Å². The quantitative estimate of drug-likeness (QED) is 0.552. The summed E-state index contributed by atoms with van der Waals surface area (Å²) in [5, 5.41) is 11.0. The van der Waals surface area contributed by atoms with E-state index >= 15 is 0 Å². The van der Waals surface area contributed by atoms with Crippen LogP contribution < -0.4 is 10.2 Å². The van der Waals surface area contributed by atoms with Crippen LogP contribution in [-0.2, 0) is 20.7 Å². The van der Waals surface area contributed by atoms with Crippen molar-refractivity contribution < 1.29 is 28.8 Å². The number of carboxylic acids is 1. The molecule has 0 saturated heterocycles. The van der Waals surface area contributed by atoms with Crippen molar-refractivity contribution in [2.24, 2.45) is 5.92 Å². The number of rotatable bonds is 8. The van der Waals surface area contributed by atoms with Gasteiger partial charge in [0.1, 0.15) is 6.61 Å². The van der Waals surface area contributed by atoms with E-state index < -0.39 is 26.3 Å². The number of carbonyl (C=O) groups excluding carboxylic acids is 1. The van der Waals surface area contributed by atoms with Crippen LogP contribution in [0.5, 0.6) is 0 Å². The first kappa shape index (κ1) is 19.1. The highest BCUT2D eigenvalue weighted by Gasteiger charge is 2.20. The zero-order valence-electron chi connectivity index (χ0n) is 13.0. The van der Waals surface area contributed by atoms with Gasteiger partial charge in [-0.05, 0) is 17.9 Å². The third-order valence-electron chi connectivity index (χ3n) is 2.62. The topological polar surface area (TPSA) is 108 Å². The number of carboxylic acid groups (broad SMARTS) is 1. The number of hydrogen-bond acceptors (Lipinski definition) is 5. The van der Waals surface area contributed by atoms with Crippen LogP contribution in [0.15, 0.2) is 30.3 Å². The maximum Gasteiger partial charge on any atom is 0.409 e. The molecule has 0 aliphatic rings. The summed E-state index contributed by atoms with van der Waals surface area (Å²) in [5.74, 6) is -0.664. The Morgan fingerprint density at radius 3 is 2.57 bits per heavy atom. The lowest BCUT2D eigenvalue weighted by molar-refractivity contribution is -0.176. The molecule has 2 atom stereocenters. The van der Waals surface area contributed by atoms with E-state index in [1.165, 1.54) is 0 Å². The zero-order valence-corrected chi connectivity index (χ0v) is 13.9. The fraction of sp³-hybridized carbons (Fsp3) is 0.400. The number of amides is 1. The molecule has 7 nitrogen and oxygen atoms in total. The van der Waals surface area contributed by atoms with Gasteiger partial charge in [0.25, 0.3) is 0 Å². The van der Waals surface area contributed by atoms with Crippen molar-refractivity contribution in [2.75, 3.05) is 0 Å². The molecule has 0 spiro atoms. The van der Waals surface area contributed by atoms with Crippen LogP contribution in [0.25, 0.3) is 0 Å². The largest absolute Gasteiger partial charge is 0.603 e. The molecule has 1 aromatic carbocycles. The Morgan fingerprint density at radius 1 is 1.35 bits per heavy atom. The smallest absolute Gasteiger partial charge is 0.409 e. The monoisotopic (exact) mass is 341 g/mol.